The molecule has 0 saturated carbocycles. The van der Waals surface area contributed by atoms with Crippen LogP contribution >= 0.6 is 34.2 Å². The molecule has 5 heteroatoms. The smallest absolute Gasteiger partial charge is 0.265 e. The first-order chi connectivity index (χ1) is 9.61. The van der Waals surface area contributed by atoms with E-state index in [4.69, 9.17) is 16.3 Å². The van der Waals surface area contributed by atoms with Gasteiger partial charge in [0.05, 0.1) is 0 Å². The molecule has 0 radical (unpaired) electrons. The number of carbonyl (C=O) groups excluding carboxylic acids is 1. The van der Waals surface area contributed by atoms with Gasteiger partial charge in [0.2, 0.25) is 0 Å². The molecule has 2 aromatic carbocycles. The van der Waals surface area contributed by atoms with Crippen LogP contribution in [0.4, 0.5) is 5.69 Å². The predicted octanol–water partition coefficient (Wildman–Crippen LogP) is 3.89. The summed E-state index contributed by atoms with van der Waals surface area (Å²) in [7, 11) is 0. The molecule has 0 aliphatic carbocycles. The first-order valence-corrected chi connectivity index (χ1v) is 7.59. The molecule has 20 heavy (non-hydrogen) atoms. The van der Waals surface area contributed by atoms with E-state index in [0.717, 1.165) is 20.6 Å². The number of anilines is 1. The van der Waals surface area contributed by atoms with Crippen molar-refractivity contribution in [3.63, 3.8) is 0 Å². The summed E-state index contributed by atoms with van der Waals surface area (Å²) >= 11 is 8.16. The van der Waals surface area contributed by atoms with Crippen molar-refractivity contribution in [2.45, 2.75) is 12.5 Å². The van der Waals surface area contributed by atoms with Crippen LogP contribution in [0.1, 0.15) is 5.56 Å². The van der Waals surface area contributed by atoms with E-state index in [-0.39, 0.29) is 5.91 Å². The van der Waals surface area contributed by atoms with Crippen molar-refractivity contribution in [3.05, 3.63) is 56.6 Å². The minimum absolute atomic E-state index is 0.140. The van der Waals surface area contributed by atoms with Gasteiger partial charge in [0.15, 0.2) is 6.10 Å². The summed E-state index contributed by atoms with van der Waals surface area (Å²) in [4.78, 5) is 12.2. The molecule has 0 spiro atoms. The Bertz CT molecular complexity index is 657. The average Bonchev–Trinajstić information content (AvgIpc) is 2.84. The summed E-state index contributed by atoms with van der Waals surface area (Å²) in [6, 6.07) is 13.0. The summed E-state index contributed by atoms with van der Waals surface area (Å²) < 4.78 is 6.77. The standard InChI is InChI=1S/C15H11ClINO2/c16-10-1-6-13-9(7-10)8-14(20-13)15(19)18-12-4-2-11(17)3-5-12/h1-7,14H,8H2,(H,18,19). The second-order valence-corrected chi connectivity index (χ2v) is 6.24. The molecular weight excluding hydrogens is 389 g/mol. The van der Waals surface area contributed by atoms with Gasteiger partial charge in [0.25, 0.3) is 5.91 Å². The van der Waals surface area contributed by atoms with Gasteiger partial charge in [0, 0.05) is 20.7 Å². The number of rotatable bonds is 2. The lowest BCUT2D eigenvalue weighted by molar-refractivity contribution is -0.122. The maximum Gasteiger partial charge on any atom is 0.265 e. The van der Waals surface area contributed by atoms with Crippen LogP contribution in [-0.4, -0.2) is 12.0 Å². The Morgan fingerprint density at radius 2 is 2.00 bits per heavy atom. The third-order valence-corrected chi connectivity index (χ3v) is 4.06. The van der Waals surface area contributed by atoms with Crippen molar-refractivity contribution in [1.29, 1.82) is 0 Å². The molecule has 3 nitrogen and oxygen atoms in total. The molecule has 1 aliphatic heterocycles. The van der Waals surface area contributed by atoms with E-state index in [2.05, 4.69) is 27.9 Å². The van der Waals surface area contributed by atoms with E-state index >= 15 is 0 Å². The fourth-order valence-electron chi connectivity index (χ4n) is 2.12. The monoisotopic (exact) mass is 399 g/mol. The number of amides is 1. The summed E-state index contributed by atoms with van der Waals surface area (Å²) in [5, 5.41) is 3.52. The Morgan fingerprint density at radius 1 is 1.25 bits per heavy atom. The van der Waals surface area contributed by atoms with Crippen LogP contribution in [0.15, 0.2) is 42.5 Å². The van der Waals surface area contributed by atoms with Crippen molar-refractivity contribution in [2.24, 2.45) is 0 Å². The SMILES string of the molecule is O=C(Nc1ccc(I)cc1)C1Cc2cc(Cl)ccc2O1. The summed E-state index contributed by atoms with van der Waals surface area (Å²) in [5.74, 6) is 0.593. The van der Waals surface area contributed by atoms with Crippen molar-refractivity contribution in [3.8, 4) is 5.75 Å². The number of halogens is 2. The quantitative estimate of drug-likeness (QED) is 0.778. The molecule has 2 aromatic rings. The first kappa shape index (κ1) is 13.7. The van der Waals surface area contributed by atoms with Crippen LogP contribution < -0.4 is 10.1 Å². The molecule has 1 atom stereocenters. The maximum atomic E-state index is 12.2. The fourth-order valence-corrected chi connectivity index (χ4v) is 2.67. The van der Waals surface area contributed by atoms with Crippen LogP contribution in [0, 0.1) is 3.57 Å². The number of ether oxygens (including phenoxy) is 1. The lowest BCUT2D eigenvalue weighted by atomic mass is 10.1. The van der Waals surface area contributed by atoms with Crippen molar-refractivity contribution in [1.82, 2.24) is 0 Å². The average molecular weight is 400 g/mol. The van der Waals surface area contributed by atoms with Crippen LogP contribution in [0.25, 0.3) is 0 Å². The molecule has 0 bridgehead atoms. The van der Waals surface area contributed by atoms with Gasteiger partial charge in [-0.2, -0.15) is 0 Å². The molecule has 1 N–H and O–H groups in total. The van der Waals surface area contributed by atoms with E-state index in [1.54, 1.807) is 12.1 Å². The number of hydrogen-bond acceptors (Lipinski definition) is 2. The third kappa shape index (κ3) is 2.91. The van der Waals surface area contributed by atoms with Crippen molar-refractivity contribution >= 4 is 45.8 Å². The maximum absolute atomic E-state index is 12.2. The highest BCUT2D eigenvalue weighted by Gasteiger charge is 2.29. The Morgan fingerprint density at radius 3 is 2.75 bits per heavy atom. The van der Waals surface area contributed by atoms with Crippen LogP contribution in [0.3, 0.4) is 0 Å². The van der Waals surface area contributed by atoms with Crippen LogP contribution in [0.2, 0.25) is 5.02 Å². The Labute approximate surface area is 135 Å². The van der Waals surface area contributed by atoms with E-state index in [9.17, 15) is 4.79 Å². The molecular formula is C15H11ClINO2. The molecule has 0 fully saturated rings. The highest BCUT2D eigenvalue weighted by Crippen LogP contribution is 2.31. The Kier molecular flexibility index (Phi) is 3.85. The summed E-state index contributed by atoms with van der Waals surface area (Å²) in [5.41, 5.74) is 1.74. The van der Waals surface area contributed by atoms with Gasteiger partial charge in [-0.25, -0.2) is 0 Å². The second-order valence-electron chi connectivity index (χ2n) is 4.56. The highest BCUT2D eigenvalue weighted by molar-refractivity contribution is 14.1. The number of carbonyl (C=O) groups is 1. The van der Waals surface area contributed by atoms with Crippen LogP contribution in [0.5, 0.6) is 5.75 Å². The molecule has 1 aliphatic rings. The highest BCUT2D eigenvalue weighted by atomic mass is 127. The van der Waals surface area contributed by atoms with Gasteiger partial charge in [0.1, 0.15) is 5.75 Å². The van der Waals surface area contributed by atoms with Crippen molar-refractivity contribution in [2.75, 3.05) is 5.32 Å². The summed E-state index contributed by atoms with van der Waals surface area (Å²) in [6.07, 6.45) is 0.0503. The van der Waals surface area contributed by atoms with E-state index < -0.39 is 6.10 Å². The lowest BCUT2D eigenvalue weighted by Gasteiger charge is -2.11. The fraction of sp³-hybridized carbons (Fsp3) is 0.133. The van der Waals surface area contributed by atoms with Gasteiger partial charge >= 0.3 is 0 Å². The number of fused-ring (bicyclic) bond motifs is 1. The number of benzene rings is 2. The van der Waals surface area contributed by atoms with Gasteiger partial charge in [-0.1, -0.05) is 11.6 Å². The molecule has 1 unspecified atom stereocenters. The zero-order valence-electron chi connectivity index (χ0n) is 10.4. The normalized spacial score (nSPS) is 16.4. The predicted molar refractivity (Wildman–Crippen MR) is 87.4 cm³/mol. The third-order valence-electron chi connectivity index (χ3n) is 3.10. The van der Waals surface area contributed by atoms with Gasteiger partial charge in [-0.05, 0) is 70.6 Å². The Balaban J connectivity index is 1.69. The van der Waals surface area contributed by atoms with Crippen LogP contribution in [-0.2, 0) is 11.2 Å². The topological polar surface area (TPSA) is 38.3 Å². The Hall–Kier alpha value is -1.27. The number of nitrogens with one attached hydrogen (secondary N) is 1. The van der Waals surface area contributed by atoms with Gasteiger partial charge < -0.3 is 10.1 Å². The van der Waals surface area contributed by atoms with E-state index in [1.165, 1.54) is 0 Å². The van der Waals surface area contributed by atoms with Gasteiger partial charge in [-0.15, -0.1) is 0 Å². The molecule has 1 heterocycles. The first-order valence-electron chi connectivity index (χ1n) is 6.13. The van der Waals surface area contributed by atoms with E-state index in [1.807, 2.05) is 30.3 Å². The largest absolute Gasteiger partial charge is 0.480 e. The number of hydrogen-bond donors (Lipinski definition) is 1. The summed E-state index contributed by atoms with van der Waals surface area (Å²) in [6.45, 7) is 0. The lowest BCUT2D eigenvalue weighted by Crippen LogP contribution is -2.31. The van der Waals surface area contributed by atoms with E-state index in [0.29, 0.717) is 11.4 Å². The van der Waals surface area contributed by atoms with Gasteiger partial charge in [-0.3, -0.25) is 4.79 Å². The minimum atomic E-state index is -0.497. The zero-order valence-corrected chi connectivity index (χ0v) is 13.3. The molecule has 1 amide bonds. The minimum Gasteiger partial charge on any atom is -0.480 e. The zero-order chi connectivity index (χ0) is 14.1. The van der Waals surface area contributed by atoms with Crippen molar-refractivity contribution < 1.29 is 9.53 Å². The molecule has 0 saturated heterocycles. The molecule has 0 aromatic heterocycles. The molecule has 102 valence electrons. The molecule has 3 rings (SSSR count). The second kappa shape index (κ2) is 5.61.